The normalized spacial score (nSPS) is 38.6. The van der Waals surface area contributed by atoms with E-state index in [4.69, 9.17) is 11.6 Å². The molecule has 0 saturated carbocycles. The van der Waals surface area contributed by atoms with Crippen LogP contribution in [0.25, 0.3) is 0 Å². The lowest BCUT2D eigenvalue weighted by Crippen LogP contribution is -2.69. The number of nitrogens with zero attached hydrogens (tertiary/aromatic N) is 2. The topological polar surface area (TPSA) is 70.4 Å². The van der Waals surface area contributed by atoms with Crippen molar-refractivity contribution < 1.29 is 4.92 Å². The first-order chi connectivity index (χ1) is 6.43. The highest BCUT2D eigenvalue weighted by molar-refractivity contribution is 6.20. The Bertz CT molecular complexity index is 226. The van der Waals surface area contributed by atoms with Crippen LogP contribution in [-0.4, -0.2) is 47.8 Å². The summed E-state index contributed by atoms with van der Waals surface area (Å²) < 4.78 is 0. The number of hydrogen-bond acceptors (Lipinski definition) is 5. The summed E-state index contributed by atoms with van der Waals surface area (Å²) >= 11 is 5.89. The molecule has 0 aromatic rings. The minimum absolute atomic E-state index is 0.0268. The van der Waals surface area contributed by atoms with Crippen LogP contribution in [0.4, 0.5) is 0 Å². The highest BCUT2D eigenvalue weighted by atomic mass is 35.5. The molecule has 1 aliphatic rings. The molecule has 0 aliphatic carbocycles. The maximum atomic E-state index is 10.8. The van der Waals surface area contributed by atoms with E-state index in [9.17, 15) is 10.1 Å². The lowest BCUT2D eigenvalue weighted by molar-refractivity contribution is -0.535. The Balaban J connectivity index is 2.80. The molecule has 1 rings (SSSR count). The van der Waals surface area contributed by atoms with E-state index in [1.165, 1.54) is 0 Å². The van der Waals surface area contributed by atoms with Crippen molar-refractivity contribution in [3.63, 3.8) is 0 Å². The molecule has 4 unspecified atom stereocenters. The van der Waals surface area contributed by atoms with Crippen molar-refractivity contribution in [1.29, 1.82) is 0 Å². The first-order valence-corrected chi connectivity index (χ1v) is 4.83. The first-order valence-electron chi connectivity index (χ1n) is 4.39. The minimum atomic E-state index is -0.845. The average Bonchev–Trinajstić information content (AvgIpc) is 2.01. The Hall–Kier alpha value is -0.430. The van der Waals surface area contributed by atoms with Crippen LogP contribution in [0.1, 0.15) is 6.92 Å². The zero-order valence-corrected chi connectivity index (χ0v) is 9.15. The van der Waals surface area contributed by atoms with E-state index < -0.39 is 11.5 Å². The maximum Gasteiger partial charge on any atom is 0.270 e. The van der Waals surface area contributed by atoms with Crippen LogP contribution >= 0.6 is 11.6 Å². The van der Waals surface area contributed by atoms with Gasteiger partial charge in [0.1, 0.15) is 6.17 Å². The number of hydrogen-bond donors (Lipinski definition) is 2. The summed E-state index contributed by atoms with van der Waals surface area (Å²) in [5, 5.41) is 16.7. The van der Waals surface area contributed by atoms with E-state index in [1.54, 1.807) is 19.0 Å². The summed E-state index contributed by atoms with van der Waals surface area (Å²) in [4.78, 5) is 12.2. The Kier molecular flexibility index (Phi) is 3.65. The summed E-state index contributed by atoms with van der Waals surface area (Å²) in [6.45, 7) is 1.88. The Labute approximate surface area is 87.7 Å². The summed E-state index contributed by atoms with van der Waals surface area (Å²) in [5.74, 6) is 0. The van der Waals surface area contributed by atoms with Crippen molar-refractivity contribution in [2.45, 2.75) is 30.8 Å². The predicted molar refractivity (Wildman–Crippen MR) is 53.6 cm³/mol. The number of alkyl halides is 1. The molecule has 1 saturated heterocycles. The molecular weight excluding hydrogens is 208 g/mol. The lowest BCUT2D eigenvalue weighted by Gasteiger charge is -2.38. The van der Waals surface area contributed by atoms with Crippen LogP contribution in [0.3, 0.4) is 0 Å². The van der Waals surface area contributed by atoms with Gasteiger partial charge < -0.3 is 0 Å². The second kappa shape index (κ2) is 4.39. The van der Waals surface area contributed by atoms with Gasteiger partial charge in [-0.1, -0.05) is 11.6 Å². The van der Waals surface area contributed by atoms with Crippen LogP contribution in [0, 0.1) is 10.1 Å². The number of rotatable bonds is 2. The molecule has 82 valence electrons. The van der Waals surface area contributed by atoms with Gasteiger partial charge in [-0.15, -0.1) is 0 Å². The third-order valence-electron chi connectivity index (χ3n) is 2.25. The molecule has 0 amide bonds. The highest BCUT2D eigenvalue weighted by Crippen LogP contribution is 2.15. The van der Waals surface area contributed by atoms with Gasteiger partial charge in [0.15, 0.2) is 5.50 Å². The predicted octanol–water partition coefficient (Wildman–Crippen LogP) is -0.377. The molecule has 1 fully saturated rings. The Morgan fingerprint density at radius 1 is 1.43 bits per heavy atom. The van der Waals surface area contributed by atoms with Gasteiger partial charge in [0.2, 0.25) is 0 Å². The second-order valence-corrected chi connectivity index (χ2v) is 4.11. The van der Waals surface area contributed by atoms with E-state index in [-0.39, 0.29) is 17.3 Å². The Morgan fingerprint density at radius 3 is 2.43 bits per heavy atom. The van der Waals surface area contributed by atoms with Crippen molar-refractivity contribution in [3.05, 3.63) is 10.1 Å². The van der Waals surface area contributed by atoms with Gasteiger partial charge in [0.05, 0.1) is 6.17 Å². The molecule has 1 heterocycles. The standard InChI is InChI=1S/C7H15ClN4O2/c1-4-9-6(8)5(12(13)14)7(10-4)11(2)3/h4-7,9-10H,1-3H3. The van der Waals surface area contributed by atoms with E-state index in [1.807, 2.05) is 6.92 Å². The summed E-state index contributed by atoms with van der Waals surface area (Å²) in [6.07, 6.45) is -0.371. The summed E-state index contributed by atoms with van der Waals surface area (Å²) in [7, 11) is 3.58. The van der Waals surface area contributed by atoms with Gasteiger partial charge in [0, 0.05) is 4.92 Å². The fourth-order valence-corrected chi connectivity index (χ4v) is 2.00. The quantitative estimate of drug-likeness (QED) is 0.289. The smallest absolute Gasteiger partial charge is 0.270 e. The van der Waals surface area contributed by atoms with Gasteiger partial charge >= 0.3 is 0 Å². The monoisotopic (exact) mass is 222 g/mol. The molecule has 1 aliphatic heterocycles. The van der Waals surface area contributed by atoms with Gasteiger partial charge in [-0.25, -0.2) is 0 Å². The van der Waals surface area contributed by atoms with Crippen LogP contribution < -0.4 is 10.6 Å². The molecule has 4 atom stereocenters. The average molecular weight is 223 g/mol. The van der Waals surface area contributed by atoms with Crippen LogP contribution in [0.2, 0.25) is 0 Å². The molecule has 0 aromatic heterocycles. The van der Waals surface area contributed by atoms with Gasteiger partial charge in [-0.05, 0) is 21.0 Å². The third-order valence-corrected chi connectivity index (χ3v) is 2.64. The zero-order valence-electron chi connectivity index (χ0n) is 8.40. The zero-order chi connectivity index (χ0) is 10.9. The summed E-state index contributed by atoms with van der Waals surface area (Å²) in [6, 6.07) is -0.845. The lowest BCUT2D eigenvalue weighted by atomic mass is 10.1. The van der Waals surface area contributed by atoms with Crippen molar-refractivity contribution in [2.75, 3.05) is 14.1 Å². The number of halogens is 1. The van der Waals surface area contributed by atoms with Crippen molar-refractivity contribution in [1.82, 2.24) is 15.5 Å². The molecule has 2 N–H and O–H groups in total. The molecule has 6 nitrogen and oxygen atoms in total. The number of nitro groups is 1. The SMILES string of the molecule is CC1NC(Cl)C([N+](=O)[O-])C(N(C)C)N1. The van der Waals surface area contributed by atoms with Crippen LogP contribution in [0.5, 0.6) is 0 Å². The van der Waals surface area contributed by atoms with Crippen molar-refractivity contribution in [2.24, 2.45) is 0 Å². The minimum Gasteiger partial charge on any atom is -0.288 e. The van der Waals surface area contributed by atoms with Crippen molar-refractivity contribution >= 4 is 11.6 Å². The fourth-order valence-electron chi connectivity index (χ4n) is 1.58. The van der Waals surface area contributed by atoms with Crippen LogP contribution in [0.15, 0.2) is 0 Å². The van der Waals surface area contributed by atoms with E-state index in [0.29, 0.717) is 0 Å². The second-order valence-electron chi connectivity index (χ2n) is 3.64. The fraction of sp³-hybridized carbons (Fsp3) is 1.00. The third kappa shape index (κ3) is 2.33. The maximum absolute atomic E-state index is 10.8. The van der Waals surface area contributed by atoms with E-state index in [2.05, 4.69) is 10.6 Å². The molecule has 0 spiro atoms. The number of likely N-dealkylation sites (N-methyl/N-ethyl adjacent to an activating group) is 1. The van der Waals surface area contributed by atoms with Crippen LogP contribution in [-0.2, 0) is 0 Å². The molecule has 0 radical (unpaired) electrons. The van der Waals surface area contributed by atoms with Gasteiger partial charge in [-0.3, -0.25) is 25.6 Å². The summed E-state index contributed by atoms with van der Waals surface area (Å²) in [5.41, 5.74) is -0.645. The molecule has 0 aromatic carbocycles. The highest BCUT2D eigenvalue weighted by Gasteiger charge is 2.44. The number of nitrogens with one attached hydrogen (secondary N) is 2. The van der Waals surface area contributed by atoms with E-state index in [0.717, 1.165) is 0 Å². The molecule has 7 heteroatoms. The molecule has 0 bridgehead atoms. The molecule has 14 heavy (non-hydrogen) atoms. The van der Waals surface area contributed by atoms with Gasteiger partial charge in [-0.2, -0.15) is 0 Å². The Morgan fingerprint density at radius 2 is 2.00 bits per heavy atom. The first kappa shape index (κ1) is 11.6. The van der Waals surface area contributed by atoms with E-state index >= 15 is 0 Å². The molecular formula is C7H15ClN4O2. The van der Waals surface area contributed by atoms with Gasteiger partial charge in [0.25, 0.3) is 6.04 Å². The largest absolute Gasteiger partial charge is 0.288 e. The van der Waals surface area contributed by atoms with Crippen molar-refractivity contribution in [3.8, 4) is 0 Å².